The van der Waals surface area contributed by atoms with E-state index in [4.69, 9.17) is 0 Å². The Labute approximate surface area is 309 Å². The number of alkyl halides is 1. The van der Waals surface area contributed by atoms with Crippen molar-refractivity contribution >= 4 is 10.1 Å². The van der Waals surface area contributed by atoms with Gasteiger partial charge in [0.2, 0.25) is 0 Å². The van der Waals surface area contributed by atoms with Gasteiger partial charge >= 0.3 is 0 Å². The van der Waals surface area contributed by atoms with Gasteiger partial charge in [-0.25, -0.2) is 12.8 Å². The zero-order valence-electron chi connectivity index (χ0n) is 34.4. The summed E-state index contributed by atoms with van der Waals surface area (Å²) in [5.74, 6) is 0. The normalized spacial score (nSPS) is 13.3. The predicted octanol–water partition coefficient (Wildman–Crippen LogP) is 14.6. The maximum absolute atomic E-state index is 15.1. The van der Waals surface area contributed by atoms with E-state index < -0.39 is 15.1 Å². The molecule has 0 saturated heterocycles. The number of quaternary nitrogens is 1. The summed E-state index contributed by atoms with van der Waals surface area (Å²) >= 11 is 0. The monoisotopic (exact) mass is 720 g/mol. The lowest BCUT2D eigenvalue weighted by Crippen LogP contribution is -2.47. The molecular formula is C43H90FNO3S. The molecule has 4 nitrogen and oxygen atoms in total. The molecule has 0 bridgehead atoms. The summed E-state index contributed by atoms with van der Waals surface area (Å²) < 4.78 is 51.2. The standard InChI is InChI=1S/C35H71FO3S.C8H20N/c1-3-5-7-9-11-13-14-15-16-17-18-19-20-21-22-23-24-26-28-30-32-34-35(36,40(37,38)39)33-31-29-27-25-12-10-8-6-4-2;1-5-9(6-2,7-3)8-4/h3-34H2,1-2H3,(H,37,38,39);5-8H2,1-4H3/q;+1/p-1. The van der Waals surface area contributed by atoms with E-state index in [1.807, 2.05) is 0 Å². The Hall–Kier alpha value is -0.200. The second-order valence-corrected chi connectivity index (χ2v) is 17.0. The van der Waals surface area contributed by atoms with Crippen molar-refractivity contribution < 1.29 is 21.8 Å². The highest BCUT2D eigenvalue weighted by molar-refractivity contribution is 7.87. The smallest absolute Gasteiger partial charge is 0.199 e. The van der Waals surface area contributed by atoms with E-state index in [2.05, 4.69) is 41.5 Å². The Morgan fingerprint density at radius 3 is 0.714 bits per heavy atom. The average Bonchev–Trinajstić information content (AvgIpc) is 3.09. The van der Waals surface area contributed by atoms with Gasteiger partial charge in [-0.15, -0.1) is 0 Å². The first-order valence-corrected chi connectivity index (χ1v) is 23.5. The van der Waals surface area contributed by atoms with E-state index in [9.17, 15) is 13.0 Å². The fourth-order valence-electron chi connectivity index (χ4n) is 7.24. The van der Waals surface area contributed by atoms with E-state index >= 15 is 4.39 Å². The van der Waals surface area contributed by atoms with Crippen molar-refractivity contribution in [3.63, 3.8) is 0 Å². The van der Waals surface area contributed by atoms with Gasteiger partial charge in [0, 0.05) is 0 Å². The Bertz CT molecular complexity index is 741. The van der Waals surface area contributed by atoms with Crippen LogP contribution in [0.4, 0.5) is 4.39 Å². The van der Waals surface area contributed by atoms with Gasteiger partial charge in [-0.3, -0.25) is 0 Å². The zero-order valence-corrected chi connectivity index (χ0v) is 35.2. The van der Waals surface area contributed by atoms with Crippen LogP contribution in [0.2, 0.25) is 0 Å². The van der Waals surface area contributed by atoms with Gasteiger partial charge in [0.25, 0.3) is 0 Å². The minimum absolute atomic E-state index is 0.130. The number of nitrogens with zero attached hydrogens (tertiary/aromatic N) is 1. The molecule has 0 radical (unpaired) electrons. The number of unbranched alkanes of at least 4 members (excludes halogenated alkanes) is 28. The number of hydrogen-bond acceptors (Lipinski definition) is 3. The van der Waals surface area contributed by atoms with Gasteiger partial charge < -0.3 is 9.04 Å². The van der Waals surface area contributed by atoms with Crippen molar-refractivity contribution in [2.45, 2.75) is 252 Å². The third kappa shape index (κ3) is 31.1. The Morgan fingerprint density at radius 1 is 0.388 bits per heavy atom. The van der Waals surface area contributed by atoms with E-state index in [1.54, 1.807) is 0 Å². The largest absolute Gasteiger partial charge is 0.745 e. The third-order valence-electron chi connectivity index (χ3n) is 11.4. The Balaban J connectivity index is 0. The molecular weight excluding hydrogens is 630 g/mol. The van der Waals surface area contributed by atoms with Gasteiger partial charge in [-0.05, 0) is 53.4 Å². The first kappa shape index (κ1) is 50.9. The Kier molecular flexibility index (Phi) is 37.6. The summed E-state index contributed by atoms with van der Waals surface area (Å²) in [6, 6.07) is 0. The number of halogens is 1. The molecule has 0 aromatic rings. The van der Waals surface area contributed by atoms with Crippen molar-refractivity contribution in [1.82, 2.24) is 0 Å². The van der Waals surface area contributed by atoms with Crippen LogP contribution in [0.3, 0.4) is 0 Å². The number of hydrogen-bond donors (Lipinski definition) is 0. The van der Waals surface area contributed by atoms with Crippen molar-refractivity contribution in [2.75, 3.05) is 26.2 Å². The fraction of sp³-hybridized carbons (Fsp3) is 1.00. The molecule has 0 aliphatic rings. The van der Waals surface area contributed by atoms with Gasteiger partial charge in [-0.1, -0.05) is 194 Å². The van der Waals surface area contributed by atoms with Gasteiger partial charge in [0.15, 0.2) is 5.00 Å². The molecule has 0 N–H and O–H groups in total. The first-order chi connectivity index (χ1) is 23.6. The van der Waals surface area contributed by atoms with Crippen LogP contribution < -0.4 is 0 Å². The lowest BCUT2D eigenvalue weighted by atomic mass is 10.0. The summed E-state index contributed by atoms with van der Waals surface area (Å²) in [6.45, 7) is 18.7. The summed E-state index contributed by atoms with van der Waals surface area (Å²) in [6.07, 6.45) is 36.2. The van der Waals surface area contributed by atoms with E-state index in [-0.39, 0.29) is 12.8 Å². The molecule has 0 aromatic heterocycles. The first-order valence-electron chi connectivity index (χ1n) is 22.1. The molecule has 1 atom stereocenters. The second-order valence-electron chi connectivity index (χ2n) is 15.3. The minimum atomic E-state index is -4.91. The molecule has 0 aliphatic heterocycles. The lowest BCUT2D eigenvalue weighted by Gasteiger charge is -2.34. The zero-order chi connectivity index (χ0) is 37.0. The van der Waals surface area contributed by atoms with Crippen molar-refractivity contribution in [1.29, 1.82) is 0 Å². The highest BCUT2D eigenvalue weighted by Crippen LogP contribution is 2.32. The fourth-order valence-corrected chi connectivity index (χ4v) is 8.03. The van der Waals surface area contributed by atoms with Crippen LogP contribution in [0.1, 0.15) is 247 Å². The van der Waals surface area contributed by atoms with E-state index in [0.29, 0.717) is 12.8 Å². The van der Waals surface area contributed by atoms with E-state index in [0.717, 1.165) is 38.5 Å². The molecule has 0 fully saturated rings. The van der Waals surface area contributed by atoms with Crippen molar-refractivity contribution in [3.8, 4) is 0 Å². The lowest BCUT2D eigenvalue weighted by molar-refractivity contribution is -0.921. The summed E-state index contributed by atoms with van der Waals surface area (Å²) in [4.78, 5) is 0. The molecule has 1 unspecified atom stereocenters. The predicted molar refractivity (Wildman–Crippen MR) is 215 cm³/mol. The van der Waals surface area contributed by atoms with Crippen LogP contribution in [-0.2, 0) is 10.1 Å². The second kappa shape index (κ2) is 36.2. The molecule has 49 heavy (non-hydrogen) atoms. The average molecular weight is 720 g/mol. The van der Waals surface area contributed by atoms with Crippen LogP contribution in [0.25, 0.3) is 0 Å². The summed E-state index contributed by atoms with van der Waals surface area (Å²) in [5, 5.41) is -2.57. The molecule has 0 amide bonds. The topological polar surface area (TPSA) is 57.2 Å². The van der Waals surface area contributed by atoms with Gasteiger partial charge in [-0.2, -0.15) is 0 Å². The third-order valence-corrected chi connectivity index (χ3v) is 12.7. The maximum Gasteiger partial charge on any atom is 0.199 e. The highest BCUT2D eigenvalue weighted by Gasteiger charge is 2.36. The summed E-state index contributed by atoms with van der Waals surface area (Å²) in [7, 11) is -4.91. The van der Waals surface area contributed by atoms with Crippen LogP contribution in [0.15, 0.2) is 0 Å². The Morgan fingerprint density at radius 2 is 0.571 bits per heavy atom. The number of rotatable bonds is 37. The molecule has 0 spiro atoms. The van der Waals surface area contributed by atoms with Crippen LogP contribution in [0.5, 0.6) is 0 Å². The van der Waals surface area contributed by atoms with Gasteiger partial charge in [0.1, 0.15) is 10.1 Å². The maximum atomic E-state index is 15.1. The molecule has 298 valence electrons. The molecule has 0 aliphatic carbocycles. The molecule has 0 saturated carbocycles. The van der Waals surface area contributed by atoms with Crippen molar-refractivity contribution in [2.24, 2.45) is 0 Å². The van der Waals surface area contributed by atoms with Crippen LogP contribution in [-0.4, -0.2) is 48.6 Å². The van der Waals surface area contributed by atoms with Gasteiger partial charge in [0.05, 0.1) is 26.2 Å². The molecule has 6 heteroatoms. The molecule has 0 rings (SSSR count). The summed E-state index contributed by atoms with van der Waals surface area (Å²) in [5.41, 5.74) is 0. The quantitative estimate of drug-likeness (QED) is 0.0365. The van der Waals surface area contributed by atoms with Crippen molar-refractivity contribution in [3.05, 3.63) is 0 Å². The van der Waals surface area contributed by atoms with E-state index in [1.165, 1.54) is 172 Å². The van der Waals surface area contributed by atoms with Crippen LogP contribution >= 0.6 is 0 Å². The highest BCUT2D eigenvalue weighted by atomic mass is 32.2. The van der Waals surface area contributed by atoms with Crippen LogP contribution in [0, 0.1) is 0 Å². The minimum Gasteiger partial charge on any atom is -0.745 e. The SMILES string of the molecule is CCCCCCCCCCCCCCCCCCCCCCCC(F)(CCCCCCCCCCC)S(=O)(=O)[O-].CC[N+](CC)(CC)CC. The molecule has 0 aromatic carbocycles. The molecule has 0 heterocycles.